The highest BCUT2D eigenvalue weighted by Crippen LogP contribution is 2.48. The SMILES string of the molecule is COc1cc2nc(O[C@@H]3C[C@H]4C(=O)N[C@]5(C(=O)NS(=O)(=O)C6(C)CC6)C[C@H]5/C=C\CC[C@H](C)C[C@@H](C)[C@H](NC(=O)O)C(=O)N4C3)c(C(F)(F)F)nc2cc1F. The number of amides is 4. The first-order chi connectivity index (χ1) is 25.7. The summed E-state index contributed by atoms with van der Waals surface area (Å²) in [7, 11) is -2.98. The Bertz CT molecular complexity index is 2050. The van der Waals surface area contributed by atoms with Crippen molar-refractivity contribution in [3.8, 4) is 11.6 Å². The van der Waals surface area contributed by atoms with Crippen molar-refractivity contribution in [2.24, 2.45) is 17.8 Å². The number of aromatic nitrogens is 2. The quantitative estimate of drug-likeness (QED) is 0.235. The number of fused-ring (bicyclic) bond motifs is 3. The summed E-state index contributed by atoms with van der Waals surface area (Å²) in [4.78, 5) is 62.8. The van der Waals surface area contributed by atoms with E-state index in [0.29, 0.717) is 32.1 Å². The molecule has 4 N–H and O–H groups in total. The monoisotopic (exact) mass is 798 g/mol. The second-order valence-electron chi connectivity index (χ2n) is 15.2. The highest BCUT2D eigenvalue weighted by molar-refractivity contribution is 7.91. The third-order valence-electron chi connectivity index (χ3n) is 11.0. The number of carbonyl (C=O) groups is 4. The Kier molecular flexibility index (Phi) is 10.4. The molecule has 4 amide bonds. The third-order valence-corrected chi connectivity index (χ3v) is 13.1. The summed E-state index contributed by atoms with van der Waals surface area (Å²) >= 11 is 0. The smallest absolute Gasteiger partial charge is 0.438 e. The normalized spacial score (nSPS) is 30.1. The van der Waals surface area contributed by atoms with Gasteiger partial charge in [-0.05, 0) is 57.3 Å². The number of methoxy groups -OCH3 is 1. The molecule has 15 nitrogen and oxygen atoms in total. The fourth-order valence-electron chi connectivity index (χ4n) is 7.35. The van der Waals surface area contributed by atoms with Crippen molar-refractivity contribution in [3.63, 3.8) is 0 Å². The number of rotatable bonds is 7. The molecule has 2 aromatic rings. The topological polar surface area (TPSA) is 206 Å². The van der Waals surface area contributed by atoms with Crippen LogP contribution in [0.1, 0.15) is 71.4 Å². The Hall–Kier alpha value is -4.75. The van der Waals surface area contributed by atoms with Gasteiger partial charge < -0.3 is 30.1 Å². The van der Waals surface area contributed by atoms with Gasteiger partial charge >= 0.3 is 12.3 Å². The Morgan fingerprint density at radius 2 is 1.80 bits per heavy atom. The van der Waals surface area contributed by atoms with Crippen molar-refractivity contribution >= 4 is 44.9 Å². The van der Waals surface area contributed by atoms with Crippen molar-refractivity contribution in [2.75, 3.05) is 13.7 Å². The number of benzene rings is 1. The van der Waals surface area contributed by atoms with Gasteiger partial charge in [-0.25, -0.2) is 27.6 Å². The van der Waals surface area contributed by atoms with Gasteiger partial charge in [-0.15, -0.1) is 0 Å². The highest BCUT2D eigenvalue weighted by Gasteiger charge is 2.63. The van der Waals surface area contributed by atoms with Gasteiger partial charge in [0.05, 0.1) is 29.4 Å². The van der Waals surface area contributed by atoms with Crippen molar-refractivity contribution in [2.45, 2.75) is 100 Å². The van der Waals surface area contributed by atoms with Crippen LogP contribution in [0.2, 0.25) is 0 Å². The molecule has 300 valence electrons. The molecule has 2 saturated carbocycles. The molecular formula is C35H42F4N6O9S. The number of hydrogen-bond acceptors (Lipinski definition) is 10. The zero-order valence-electron chi connectivity index (χ0n) is 30.4. The van der Waals surface area contributed by atoms with E-state index in [4.69, 9.17) is 9.47 Å². The van der Waals surface area contributed by atoms with Gasteiger partial charge in [0.25, 0.3) is 5.91 Å². The number of ether oxygens (including phenoxy) is 2. The standard InChI is InChI=1S/C35H42F4N6O9S/c1-17-7-5-6-8-19-15-34(19,31(48)44-55(51,52)33(3)9-10-33)43-28(46)24-12-20(16-45(24)30(47)26(18(2)11-17)42-32(49)50)54-29-27(35(37,38)39)40-22-13-21(36)25(53-4)14-23(22)41-29/h6,8,13-14,17-20,24,26,42H,5,7,9-12,15-16H2,1-4H3,(H,43,46)(H,44,48)(H,49,50)/b8-6-/t17-,18+,19+,20+,24-,26-,34+/m0/s1. The first-order valence-electron chi connectivity index (χ1n) is 17.8. The molecule has 0 bridgehead atoms. The summed E-state index contributed by atoms with van der Waals surface area (Å²) in [5, 5.41) is 14.6. The predicted octanol–water partition coefficient (Wildman–Crippen LogP) is 3.67. The molecule has 6 rings (SSSR count). The van der Waals surface area contributed by atoms with Crippen LogP contribution in [0.5, 0.6) is 11.6 Å². The lowest BCUT2D eigenvalue weighted by molar-refractivity contribution is -0.143. The minimum absolute atomic E-state index is 0.0167. The molecule has 1 aromatic carbocycles. The zero-order valence-corrected chi connectivity index (χ0v) is 31.2. The largest absolute Gasteiger partial charge is 0.494 e. The fourth-order valence-corrected chi connectivity index (χ4v) is 8.67. The van der Waals surface area contributed by atoms with Crippen LogP contribution >= 0.6 is 0 Å². The van der Waals surface area contributed by atoms with E-state index in [9.17, 15) is 50.3 Å². The first-order valence-corrected chi connectivity index (χ1v) is 19.3. The van der Waals surface area contributed by atoms with Crippen LogP contribution in [0.4, 0.5) is 22.4 Å². The number of nitrogens with zero attached hydrogens (tertiary/aromatic N) is 3. The summed E-state index contributed by atoms with van der Waals surface area (Å²) < 4.78 is 95.1. The molecule has 2 aliphatic heterocycles. The van der Waals surface area contributed by atoms with Crippen LogP contribution in [-0.2, 0) is 30.6 Å². The van der Waals surface area contributed by atoms with E-state index in [-0.39, 0.29) is 23.6 Å². The van der Waals surface area contributed by atoms with Crippen molar-refractivity contribution < 1.29 is 59.7 Å². The predicted molar refractivity (Wildman–Crippen MR) is 186 cm³/mol. The van der Waals surface area contributed by atoms with Gasteiger partial charge in [-0.3, -0.25) is 19.1 Å². The van der Waals surface area contributed by atoms with E-state index in [1.165, 1.54) is 6.92 Å². The van der Waals surface area contributed by atoms with Crippen molar-refractivity contribution in [1.29, 1.82) is 0 Å². The molecule has 20 heteroatoms. The number of halogens is 4. The molecule has 1 aromatic heterocycles. The van der Waals surface area contributed by atoms with E-state index in [1.54, 1.807) is 13.0 Å². The van der Waals surface area contributed by atoms with Gasteiger partial charge in [0.1, 0.15) is 23.7 Å². The van der Waals surface area contributed by atoms with Crippen LogP contribution in [0.25, 0.3) is 11.0 Å². The Morgan fingerprint density at radius 1 is 1.11 bits per heavy atom. The maximum Gasteiger partial charge on any atom is 0.438 e. The van der Waals surface area contributed by atoms with E-state index in [0.717, 1.165) is 24.1 Å². The van der Waals surface area contributed by atoms with Crippen LogP contribution in [0.3, 0.4) is 0 Å². The first kappa shape index (κ1) is 39.9. The number of nitrogens with one attached hydrogen (secondary N) is 3. The molecule has 55 heavy (non-hydrogen) atoms. The van der Waals surface area contributed by atoms with Gasteiger partial charge in [0.2, 0.25) is 33.4 Å². The van der Waals surface area contributed by atoms with Gasteiger partial charge in [-0.2, -0.15) is 13.2 Å². The Labute approximate surface area is 313 Å². The maximum atomic E-state index is 14.4. The summed E-state index contributed by atoms with van der Waals surface area (Å²) in [5.74, 6) is -6.36. The molecule has 3 fully saturated rings. The summed E-state index contributed by atoms with van der Waals surface area (Å²) in [5.41, 5.74) is -4.01. The van der Waals surface area contributed by atoms with Crippen LogP contribution in [0, 0.1) is 23.6 Å². The number of sulfonamides is 1. The molecule has 2 aliphatic carbocycles. The molecule has 4 aliphatic rings. The van der Waals surface area contributed by atoms with E-state index in [1.807, 2.05) is 13.0 Å². The maximum absolute atomic E-state index is 14.4. The summed E-state index contributed by atoms with van der Waals surface area (Å²) in [6.45, 7) is 4.55. The van der Waals surface area contributed by atoms with Gasteiger partial charge in [0, 0.05) is 24.5 Å². The number of carboxylic acid groups (broad SMARTS) is 1. The average molecular weight is 799 g/mol. The van der Waals surface area contributed by atoms with Crippen LogP contribution < -0.4 is 24.8 Å². The minimum atomic E-state index is -5.14. The van der Waals surface area contributed by atoms with E-state index >= 15 is 0 Å². The lowest BCUT2D eigenvalue weighted by atomic mass is 9.88. The molecular weight excluding hydrogens is 756 g/mol. The molecule has 0 radical (unpaired) electrons. The molecule has 3 heterocycles. The average Bonchev–Trinajstić information content (AvgIpc) is 3.97. The molecule has 0 unspecified atom stereocenters. The highest BCUT2D eigenvalue weighted by atomic mass is 32.2. The van der Waals surface area contributed by atoms with Gasteiger partial charge in [-0.1, -0.05) is 26.0 Å². The minimum Gasteiger partial charge on any atom is -0.494 e. The summed E-state index contributed by atoms with van der Waals surface area (Å²) in [6.07, 6.45) is -2.69. The van der Waals surface area contributed by atoms with Crippen LogP contribution in [-0.4, -0.2) is 94.3 Å². The lowest BCUT2D eigenvalue weighted by Crippen LogP contribution is -2.59. The van der Waals surface area contributed by atoms with Gasteiger partial charge in [0.15, 0.2) is 11.6 Å². The van der Waals surface area contributed by atoms with Crippen molar-refractivity contribution in [1.82, 2.24) is 30.2 Å². The number of hydrogen-bond donors (Lipinski definition) is 4. The Balaban J connectivity index is 1.37. The molecule has 7 atom stereocenters. The fraction of sp³-hybridized carbons (Fsp3) is 0.600. The second kappa shape index (κ2) is 14.4. The van der Waals surface area contributed by atoms with E-state index in [2.05, 4.69) is 25.3 Å². The number of allylic oxidation sites excluding steroid dienone is 1. The molecule has 1 saturated heterocycles. The lowest BCUT2D eigenvalue weighted by Gasteiger charge is -2.32. The number of alkyl halides is 3. The van der Waals surface area contributed by atoms with E-state index < -0.39 is 116 Å². The summed E-state index contributed by atoms with van der Waals surface area (Å²) in [6, 6.07) is -1.16. The number of carbonyl (C=O) groups excluding carboxylic acids is 3. The molecule has 0 spiro atoms. The van der Waals surface area contributed by atoms with Crippen molar-refractivity contribution in [3.05, 3.63) is 35.8 Å². The Morgan fingerprint density at radius 3 is 2.44 bits per heavy atom. The third kappa shape index (κ3) is 8.00. The zero-order chi connectivity index (χ0) is 40.2. The van der Waals surface area contributed by atoms with Crippen LogP contribution in [0.15, 0.2) is 24.3 Å². The second-order valence-corrected chi connectivity index (χ2v) is 17.4.